The summed E-state index contributed by atoms with van der Waals surface area (Å²) in [6.07, 6.45) is 6.06. The summed E-state index contributed by atoms with van der Waals surface area (Å²) in [6.45, 7) is 4.90. The van der Waals surface area contributed by atoms with Gasteiger partial charge in [0, 0.05) is 6.54 Å². The zero-order chi connectivity index (χ0) is 28.9. The second kappa shape index (κ2) is 15.7. The van der Waals surface area contributed by atoms with Crippen LogP contribution in [0.3, 0.4) is 0 Å². The summed E-state index contributed by atoms with van der Waals surface area (Å²) in [5.74, 6) is 0.240. The fourth-order valence-electron chi connectivity index (χ4n) is 4.90. The summed E-state index contributed by atoms with van der Waals surface area (Å²) >= 11 is 0. The minimum absolute atomic E-state index is 0.0302. The molecule has 0 saturated heterocycles. The number of guanidine groups is 1. The monoisotopic (exact) mass is 556 g/mol. The van der Waals surface area contributed by atoms with Gasteiger partial charge in [-0.3, -0.25) is 20.3 Å². The van der Waals surface area contributed by atoms with Gasteiger partial charge in [0.1, 0.15) is 6.04 Å². The Labute approximate surface area is 235 Å². The maximum atomic E-state index is 13.8. The number of amides is 2. The van der Waals surface area contributed by atoms with E-state index in [1.807, 2.05) is 13.8 Å². The van der Waals surface area contributed by atoms with E-state index >= 15 is 0 Å². The third kappa shape index (κ3) is 9.43. The Bertz CT molecular complexity index is 1150. The van der Waals surface area contributed by atoms with Crippen molar-refractivity contribution in [2.24, 2.45) is 5.92 Å². The summed E-state index contributed by atoms with van der Waals surface area (Å²) in [7, 11) is 1.39. The second-order valence-corrected chi connectivity index (χ2v) is 9.87. The van der Waals surface area contributed by atoms with E-state index < -0.39 is 11.9 Å². The third-order valence-corrected chi connectivity index (χ3v) is 6.85. The molecule has 9 nitrogen and oxygen atoms in total. The zero-order valence-corrected chi connectivity index (χ0v) is 23.6. The standard InChI is InChI=1S/C30H41FN4O5/c1-4-39-25-14-12-21(16-27(25)40-5-2)18-28(36)35-30(32)34-24(15-20-9-7-6-8-10-20)29(37)33-19-22-11-13-23(31)26(17-22)38-3/h11-14,16-17,20,24H,4-10,15,18-19H2,1-3H3,(H,33,37)(H3,32,34,35,36)/t24-/m1/s1. The van der Waals surface area contributed by atoms with E-state index in [2.05, 4.69) is 16.0 Å². The molecule has 0 bridgehead atoms. The smallest absolute Gasteiger partial charge is 0.242 e. The minimum atomic E-state index is -0.701. The fraction of sp³-hybridized carbons (Fsp3) is 0.500. The quantitative estimate of drug-likeness (QED) is 0.213. The van der Waals surface area contributed by atoms with Gasteiger partial charge in [-0.2, -0.15) is 0 Å². The predicted octanol–water partition coefficient (Wildman–Crippen LogP) is 4.47. The molecule has 0 spiro atoms. The van der Waals surface area contributed by atoms with E-state index in [-0.39, 0.29) is 36.5 Å². The van der Waals surface area contributed by atoms with Gasteiger partial charge in [0.15, 0.2) is 29.0 Å². The third-order valence-electron chi connectivity index (χ3n) is 6.85. The van der Waals surface area contributed by atoms with Crippen molar-refractivity contribution in [3.8, 4) is 17.2 Å². The van der Waals surface area contributed by atoms with Gasteiger partial charge in [-0.1, -0.05) is 44.2 Å². The van der Waals surface area contributed by atoms with Gasteiger partial charge < -0.3 is 24.8 Å². The second-order valence-electron chi connectivity index (χ2n) is 9.87. The lowest BCUT2D eigenvalue weighted by molar-refractivity contribution is -0.123. The maximum absolute atomic E-state index is 13.8. The van der Waals surface area contributed by atoms with Crippen molar-refractivity contribution in [1.82, 2.24) is 16.0 Å². The van der Waals surface area contributed by atoms with E-state index in [1.54, 1.807) is 30.3 Å². The number of hydrogen-bond donors (Lipinski definition) is 4. The maximum Gasteiger partial charge on any atom is 0.242 e. The highest BCUT2D eigenvalue weighted by Crippen LogP contribution is 2.29. The first-order valence-corrected chi connectivity index (χ1v) is 14.0. The van der Waals surface area contributed by atoms with Crippen LogP contribution in [-0.2, 0) is 22.6 Å². The zero-order valence-electron chi connectivity index (χ0n) is 23.6. The number of nitrogens with one attached hydrogen (secondary N) is 4. The van der Waals surface area contributed by atoms with Crippen molar-refractivity contribution >= 4 is 17.8 Å². The molecule has 1 saturated carbocycles. The predicted molar refractivity (Wildman–Crippen MR) is 151 cm³/mol. The van der Waals surface area contributed by atoms with Crippen LogP contribution >= 0.6 is 0 Å². The Hall–Kier alpha value is -3.82. The molecular formula is C30H41FN4O5. The Balaban J connectivity index is 1.61. The molecule has 0 aromatic heterocycles. The molecule has 2 aromatic rings. The average molecular weight is 557 g/mol. The van der Waals surface area contributed by atoms with Crippen LogP contribution in [0.25, 0.3) is 0 Å². The molecule has 1 fully saturated rings. The Kier molecular flexibility index (Phi) is 12.0. The van der Waals surface area contributed by atoms with Gasteiger partial charge >= 0.3 is 0 Å². The van der Waals surface area contributed by atoms with Gasteiger partial charge in [-0.05, 0) is 61.6 Å². The van der Waals surface area contributed by atoms with Crippen LogP contribution in [0.2, 0.25) is 0 Å². The van der Waals surface area contributed by atoms with Crippen molar-refractivity contribution in [3.05, 3.63) is 53.3 Å². The number of carbonyl (C=O) groups excluding carboxylic acids is 2. The number of halogens is 1. The number of carbonyl (C=O) groups is 2. The minimum Gasteiger partial charge on any atom is -0.494 e. The lowest BCUT2D eigenvalue weighted by atomic mass is 9.84. The van der Waals surface area contributed by atoms with Crippen LogP contribution < -0.4 is 30.2 Å². The van der Waals surface area contributed by atoms with Gasteiger partial charge in [-0.15, -0.1) is 0 Å². The highest BCUT2D eigenvalue weighted by molar-refractivity contribution is 5.98. The van der Waals surface area contributed by atoms with Crippen molar-refractivity contribution < 1.29 is 28.2 Å². The van der Waals surface area contributed by atoms with E-state index in [4.69, 9.17) is 19.6 Å². The van der Waals surface area contributed by atoms with Crippen molar-refractivity contribution in [3.63, 3.8) is 0 Å². The topological polar surface area (TPSA) is 122 Å². The molecular weight excluding hydrogens is 515 g/mol. The molecule has 0 heterocycles. The Morgan fingerprint density at radius 1 is 0.975 bits per heavy atom. The summed E-state index contributed by atoms with van der Waals surface area (Å²) in [4.78, 5) is 25.9. The highest BCUT2D eigenvalue weighted by Gasteiger charge is 2.25. The molecule has 218 valence electrons. The summed E-state index contributed by atoms with van der Waals surface area (Å²) in [6, 6.07) is 9.03. The molecule has 10 heteroatoms. The van der Waals surface area contributed by atoms with Gasteiger partial charge in [0.2, 0.25) is 11.8 Å². The summed E-state index contributed by atoms with van der Waals surface area (Å²) in [5.41, 5.74) is 1.40. The van der Waals surface area contributed by atoms with Gasteiger partial charge in [0.25, 0.3) is 0 Å². The molecule has 3 rings (SSSR count). The molecule has 0 aliphatic heterocycles. The van der Waals surface area contributed by atoms with Crippen molar-refractivity contribution in [2.45, 2.75) is 71.4 Å². The van der Waals surface area contributed by atoms with Crippen LogP contribution in [0, 0.1) is 17.1 Å². The number of hydrogen-bond acceptors (Lipinski definition) is 6. The lowest BCUT2D eigenvalue weighted by Crippen LogP contribution is -2.52. The fourth-order valence-corrected chi connectivity index (χ4v) is 4.90. The van der Waals surface area contributed by atoms with Crippen LogP contribution in [0.15, 0.2) is 36.4 Å². The van der Waals surface area contributed by atoms with E-state index in [1.165, 1.54) is 19.6 Å². The first-order valence-electron chi connectivity index (χ1n) is 14.0. The van der Waals surface area contributed by atoms with Crippen LogP contribution in [0.1, 0.15) is 63.5 Å². The number of ether oxygens (including phenoxy) is 3. The Morgan fingerprint density at radius 3 is 2.35 bits per heavy atom. The molecule has 0 unspecified atom stereocenters. The molecule has 1 atom stereocenters. The van der Waals surface area contributed by atoms with Gasteiger partial charge in [0.05, 0.1) is 26.7 Å². The van der Waals surface area contributed by atoms with Crippen molar-refractivity contribution in [1.29, 1.82) is 5.41 Å². The molecule has 2 amide bonds. The molecule has 0 radical (unpaired) electrons. The SMILES string of the molecule is CCOc1ccc(CC(=O)NC(=N)N[C@H](CC2CCCCC2)C(=O)NCc2ccc(F)c(OC)c2)cc1OCC. The first kappa shape index (κ1) is 30.7. The first-order chi connectivity index (χ1) is 19.3. The summed E-state index contributed by atoms with van der Waals surface area (Å²) in [5, 5.41) is 16.7. The molecule has 2 aromatic carbocycles. The van der Waals surface area contributed by atoms with Crippen LogP contribution in [0.4, 0.5) is 4.39 Å². The highest BCUT2D eigenvalue weighted by atomic mass is 19.1. The van der Waals surface area contributed by atoms with Gasteiger partial charge in [-0.25, -0.2) is 4.39 Å². The normalized spacial score (nSPS) is 14.1. The number of benzene rings is 2. The molecule has 4 N–H and O–H groups in total. The average Bonchev–Trinajstić information content (AvgIpc) is 2.94. The summed E-state index contributed by atoms with van der Waals surface area (Å²) < 4.78 is 30.0. The molecule has 1 aliphatic carbocycles. The molecule has 40 heavy (non-hydrogen) atoms. The molecule has 1 aliphatic rings. The van der Waals surface area contributed by atoms with Crippen LogP contribution in [0.5, 0.6) is 17.2 Å². The lowest BCUT2D eigenvalue weighted by Gasteiger charge is -2.27. The van der Waals surface area contributed by atoms with E-state index in [9.17, 15) is 14.0 Å². The van der Waals surface area contributed by atoms with E-state index in [0.717, 1.165) is 25.7 Å². The Morgan fingerprint density at radius 2 is 1.65 bits per heavy atom. The van der Waals surface area contributed by atoms with Crippen LogP contribution in [-0.4, -0.2) is 44.1 Å². The van der Waals surface area contributed by atoms with E-state index in [0.29, 0.717) is 48.2 Å². The van der Waals surface area contributed by atoms with Crippen molar-refractivity contribution in [2.75, 3.05) is 20.3 Å². The number of methoxy groups -OCH3 is 1. The largest absolute Gasteiger partial charge is 0.494 e. The number of rotatable bonds is 13.